The van der Waals surface area contributed by atoms with Crippen molar-refractivity contribution in [1.29, 1.82) is 0 Å². The van der Waals surface area contributed by atoms with Crippen LogP contribution in [-0.2, 0) is 9.59 Å². The number of rotatable bonds is 6. The number of hydrogen-bond acceptors (Lipinski definition) is 5. The fourth-order valence-electron chi connectivity index (χ4n) is 3.32. The number of piperidine rings is 1. The summed E-state index contributed by atoms with van der Waals surface area (Å²) in [7, 11) is 0. The average molecular weight is 413 g/mol. The lowest BCUT2D eigenvalue weighted by Crippen LogP contribution is -2.46. The summed E-state index contributed by atoms with van der Waals surface area (Å²) < 4.78 is 0. The number of nitro groups is 1. The van der Waals surface area contributed by atoms with E-state index in [1.54, 1.807) is 17.0 Å². The van der Waals surface area contributed by atoms with E-state index in [2.05, 4.69) is 5.32 Å². The van der Waals surface area contributed by atoms with Crippen LogP contribution in [-0.4, -0.2) is 40.0 Å². The van der Waals surface area contributed by atoms with Gasteiger partial charge in [-0.05, 0) is 44.0 Å². The first kappa shape index (κ1) is 20.9. The Balaban J connectivity index is 1.56. The van der Waals surface area contributed by atoms with Gasteiger partial charge >= 0.3 is 0 Å². The van der Waals surface area contributed by atoms with Crippen LogP contribution < -0.4 is 5.32 Å². The second-order valence-corrected chi connectivity index (χ2v) is 8.40. The van der Waals surface area contributed by atoms with Gasteiger partial charge in [-0.3, -0.25) is 19.7 Å². The highest BCUT2D eigenvalue weighted by atomic mass is 32.2. The molecule has 0 bridgehead atoms. The molecule has 1 fully saturated rings. The number of non-ortho nitro benzene ring substituents is 1. The van der Waals surface area contributed by atoms with E-state index < -0.39 is 4.92 Å². The molecule has 2 atom stereocenters. The number of para-hydroxylation sites is 1. The minimum atomic E-state index is -0.447. The lowest BCUT2D eigenvalue weighted by atomic mass is 9.96. The van der Waals surface area contributed by atoms with E-state index in [0.29, 0.717) is 13.1 Å². The third kappa shape index (κ3) is 5.57. The van der Waals surface area contributed by atoms with E-state index in [1.807, 2.05) is 37.3 Å². The Hall–Kier alpha value is -2.87. The molecule has 152 valence electrons. The summed E-state index contributed by atoms with van der Waals surface area (Å²) in [6.45, 7) is 2.86. The van der Waals surface area contributed by atoms with Gasteiger partial charge in [-0.1, -0.05) is 18.2 Å². The molecule has 1 heterocycles. The minimum Gasteiger partial charge on any atom is -0.341 e. The first-order valence-corrected chi connectivity index (χ1v) is 10.4. The molecule has 1 saturated heterocycles. The molecule has 3 rings (SSSR count). The molecule has 1 aliphatic heterocycles. The van der Waals surface area contributed by atoms with E-state index in [9.17, 15) is 19.7 Å². The zero-order valence-electron chi connectivity index (χ0n) is 16.1. The molecule has 8 heteroatoms. The molecule has 29 heavy (non-hydrogen) atoms. The van der Waals surface area contributed by atoms with Crippen molar-refractivity contribution >= 4 is 35.0 Å². The van der Waals surface area contributed by atoms with Crippen LogP contribution in [0.5, 0.6) is 0 Å². The van der Waals surface area contributed by atoms with Gasteiger partial charge in [-0.15, -0.1) is 11.8 Å². The van der Waals surface area contributed by atoms with Crippen LogP contribution in [0.25, 0.3) is 0 Å². The van der Waals surface area contributed by atoms with E-state index in [1.165, 1.54) is 23.9 Å². The molecule has 0 unspecified atom stereocenters. The van der Waals surface area contributed by atoms with Crippen LogP contribution in [0.15, 0.2) is 59.5 Å². The van der Waals surface area contributed by atoms with Gasteiger partial charge in [-0.25, -0.2) is 0 Å². The lowest BCUT2D eigenvalue weighted by Gasteiger charge is -2.33. The summed E-state index contributed by atoms with van der Waals surface area (Å²) in [6.07, 6.45) is 1.54. The van der Waals surface area contributed by atoms with Crippen molar-refractivity contribution in [2.75, 3.05) is 18.4 Å². The number of nitro benzene ring substituents is 1. The Bertz CT molecular complexity index is 873. The highest BCUT2D eigenvalue weighted by Gasteiger charge is 2.30. The van der Waals surface area contributed by atoms with Gasteiger partial charge in [0.1, 0.15) is 0 Å². The molecule has 7 nitrogen and oxygen atoms in total. The number of amides is 2. The number of anilines is 1. The number of nitrogens with zero attached hydrogens (tertiary/aromatic N) is 2. The Morgan fingerprint density at radius 3 is 2.52 bits per heavy atom. The topological polar surface area (TPSA) is 92.6 Å². The molecule has 0 spiro atoms. The van der Waals surface area contributed by atoms with Crippen molar-refractivity contribution in [3.05, 3.63) is 64.7 Å². The van der Waals surface area contributed by atoms with Gasteiger partial charge < -0.3 is 10.2 Å². The second kappa shape index (κ2) is 9.56. The summed E-state index contributed by atoms with van der Waals surface area (Å²) in [4.78, 5) is 38.3. The maximum atomic E-state index is 12.9. The highest BCUT2D eigenvalue weighted by molar-refractivity contribution is 8.00. The monoisotopic (exact) mass is 413 g/mol. The highest BCUT2D eigenvalue weighted by Crippen LogP contribution is 2.28. The second-order valence-electron chi connectivity index (χ2n) is 6.99. The first-order valence-electron chi connectivity index (χ1n) is 9.50. The van der Waals surface area contributed by atoms with Crippen LogP contribution in [0, 0.1) is 16.0 Å². The van der Waals surface area contributed by atoms with E-state index in [0.717, 1.165) is 23.4 Å². The van der Waals surface area contributed by atoms with Crippen LogP contribution in [0.1, 0.15) is 19.8 Å². The van der Waals surface area contributed by atoms with Gasteiger partial charge in [0.25, 0.3) is 5.69 Å². The summed E-state index contributed by atoms with van der Waals surface area (Å²) in [5.74, 6) is -0.320. The van der Waals surface area contributed by atoms with E-state index >= 15 is 0 Å². The molecule has 0 saturated carbocycles. The van der Waals surface area contributed by atoms with Crippen LogP contribution >= 0.6 is 11.8 Å². The molecular formula is C21H23N3O4S. The van der Waals surface area contributed by atoms with Crippen LogP contribution in [0.3, 0.4) is 0 Å². The van der Waals surface area contributed by atoms with Crippen molar-refractivity contribution in [3.8, 4) is 0 Å². The summed E-state index contributed by atoms with van der Waals surface area (Å²) in [6, 6.07) is 15.5. The lowest BCUT2D eigenvalue weighted by molar-refractivity contribution is -0.384. The van der Waals surface area contributed by atoms with Crippen molar-refractivity contribution < 1.29 is 14.5 Å². The Morgan fingerprint density at radius 1 is 1.17 bits per heavy atom. The number of carbonyl (C=O) groups excluding carboxylic acids is 2. The maximum absolute atomic E-state index is 12.9. The molecule has 0 radical (unpaired) electrons. The number of nitrogens with one attached hydrogen (secondary N) is 1. The van der Waals surface area contributed by atoms with Gasteiger partial charge in [-0.2, -0.15) is 0 Å². The Kier molecular flexibility index (Phi) is 6.87. The molecule has 2 aromatic carbocycles. The van der Waals surface area contributed by atoms with Crippen molar-refractivity contribution in [2.24, 2.45) is 5.92 Å². The zero-order valence-corrected chi connectivity index (χ0v) is 16.9. The largest absolute Gasteiger partial charge is 0.341 e. The third-order valence-corrected chi connectivity index (χ3v) is 5.95. The quantitative estimate of drug-likeness (QED) is 0.440. The van der Waals surface area contributed by atoms with Gasteiger partial charge in [0.2, 0.25) is 11.8 Å². The number of carbonyl (C=O) groups is 2. The average Bonchev–Trinajstić information content (AvgIpc) is 2.74. The number of thioether (sulfide) groups is 1. The smallest absolute Gasteiger partial charge is 0.269 e. The molecule has 2 amide bonds. The molecule has 1 aliphatic rings. The molecule has 1 N–H and O–H groups in total. The van der Waals surface area contributed by atoms with E-state index in [-0.39, 0.29) is 28.7 Å². The number of likely N-dealkylation sites (tertiary alicyclic amines) is 1. The summed E-state index contributed by atoms with van der Waals surface area (Å²) in [5.41, 5.74) is 0.777. The SMILES string of the molecule is C[C@@H](Sc1ccc([N+](=O)[O-])cc1)C(=O)N1CCC[C@H](C(=O)Nc2ccccc2)C1. The standard InChI is InChI=1S/C21H23N3O4S/c1-15(29-19-11-9-18(10-12-19)24(27)28)21(26)23-13-5-6-16(14-23)20(25)22-17-7-3-2-4-8-17/h2-4,7-12,15-16H,5-6,13-14H2,1H3,(H,22,25)/t15-,16+/m1/s1. The van der Waals surface area contributed by atoms with Gasteiger partial charge in [0.05, 0.1) is 16.1 Å². The van der Waals surface area contributed by atoms with Crippen molar-refractivity contribution in [1.82, 2.24) is 4.90 Å². The predicted molar refractivity (Wildman–Crippen MR) is 113 cm³/mol. The van der Waals surface area contributed by atoms with Gasteiger partial charge in [0, 0.05) is 35.8 Å². The first-order chi connectivity index (χ1) is 13.9. The molecular weight excluding hydrogens is 390 g/mol. The third-order valence-electron chi connectivity index (χ3n) is 4.85. The normalized spacial score (nSPS) is 17.4. The van der Waals surface area contributed by atoms with Crippen molar-refractivity contribution in [2.45, 2.75) is 29.9 Å². The Morgan fingerprint density at radius 2 is 1.86 bits per heavy atom. The fourth-order valence-corrected chi connectivity index (χ4v) is 4.27. The zero-order chi connectivity index (χ0) is 20.8. The molecule has 0 aromatic heterocycles. The van der Waals surface area contributed by atoms with Crippen molar-refractivity contribution in [3.63, 3.8) is 0 Å². The van der Waals surface area contributed by atoms with Crippen LogP contribution in [0.4, 0.5) is 11.4 Å². The predicted octanol–water partition coefficient (Wildman–Crippen LogP) is 3.95. The number of benzene rings is 2. The van der Waals surface area contributed by atoms with Gasteiger partial charge in [0.15, 0.2) is 0 Å². The summed E-state index contributed by atoms with van der Waals surface area (Å²) in [5, 5.41) is 13.3. The maximum Gasteiger partial charge on any atom is 0.269 e. The molecule has 0 aliphatic carbocycles. The molecule has 2 aromatic rings. The van der Waals surface area contributed by atoms with Crippen LogP contribution in [0.2, 0.25) is 0 Å². The number of hydrogen-bond donors (Lipinski definition) is 1. The Labute approximate surface area is 173 Å². The fraction of sp³-hybridized carbons (Fsp3) is 0.333. The minimum absolute atomic E-state index is 0.0226. The van der Waals surface area contributed by atoms with E-state index in [4.69, 9.17) is 0 Å². The summed E-state index contributed by atoms with van der Waals surface area (Å²) >= 11 is 1.36.